The maximum Gasteiger partial charge on any atom is 0.181 e. The van der Waals surface area contributed by atoms with Gasteiger partial charge in [0, 0.05) is 15.4 Å². The lowest BCUT2D eigenvalue weighted by Crippen LogP contribution is -1.85. The average molecular weight is 331 g/mol. The van der Waals surface area contributed by atoms with Gasteiger partial charge in [-0.3, -0.25) is 0 Å². The number of nitrogens with zero attached hydrogens (tertiary/aromatic N) is 1. The van der Waals surface area contributed by atoms with Crippen molar-refractivity contribution in [3.05, 3.63) is 40.3 Å². The van der Waals surface area contributed by atoms with Crippen molar-refractivity contribution in [1.82, 2.24) is 4.98 Å². The molecule has 0 amide bonds. The lowest BCUT2D eigenvalue weighted by molar-refractivity contribution is 0.571. The van der Waals surface area contributed by atoms with E-state index in [-0.39, 0.29) is 0 Å². The molecule has 0 spiro atoms. The lowest BCUT2D eigenvalue weighted by atomic mass is 10.1. The average Bonchev–Trinajstić information content (AvgIpc) is 2.69. The molecular formula is C11H9Br2NO. The first-order valence-corrected chi connectivity index (χ1v) is 6.38. The van der Waals surface area contributed by atoms with Gasteiger partial charge in [0.2, 0.25) is 0 Å². The molecule has 1 aromatic heterocycles. The molecule has 0 radical (unpaired) electrons. The molecular weight excluding hydrogens is 322 g/mol. The Balaban J connectivity index is 2.58. The fraction of sp³-hybridized carbons (Fsp3) is 0.182. The van der Waals surface area contributed by atoms with Crippen LogP contribution in [0.4, 0.5) is 0 Å². The summed E-state index contributed by atoms with van der Waals surface area (Å²) in [6.45, 7) is 2.06. The van der Waals surface area contributed by atoms with E-state index < -0.39 is 0 Å². The van der Waals surface area contributed by atoms with E-state index >= 15 is 0 Å². The summed E-state index contributed by atoms with van der Waals surface area (Å²) in [7, 11) is 0. The van der Waals surface area contributed by atoms with E-state index in [9.17, 15) is 0 Å². The monoisotopic (exact) mass is 329 g/mol. The van der Waals surface area contributed by atoms with Crippen LogP contribution in [0.1, 0.15) is 11.3 Å². The molecule has 0 N–H and O–H groups in total. The highest BCUT2D eigenvalue weighted by molar-refractivity contribution is 9.10. The molecule has 0 saturated carbocycles. The fourth-order valence-electron chi connectivity index (χ4n) is 1.40. The van der Waals surface area contributed by atoms with Crippen molar-refractivity contribution in [2.75, 3.05) is 0 Å². The van der Waals surface area contributed by atoms with Gasteiger partial charge in [0.15, 0.2) is 12.2 Å². The van der Waals surface area contributed by atoms with Gasteiger partial charge in [-0.1, -0.05) is 43.5 Å². The van der Waals surface area contributed by atoms with Crippen LogP contribution in [0.3, 0.4) is 0 Å². The number of halogens is 2. The number of benzene rings is 1. The van der Waals surface area contributed by atoms with Gasteiger partial charge < -0.3 is 4.42 Å². The molecule has 0 atom stereocenters. The van der Waals surface area contributed by atoms with Crippen LogP contribution in [0.5, 0.6) is 0 Å². The fourth-order valence-corrected chi connectivity index (χ4v) is 2.22. The molecule has 0 bridgehead atoms. The summed E-state index contributed by atoms with van der Waals surface area (Å²) in [5, 5.41) is 0.694. The van der Waals surface area contributed by atoms with Gasteiger partial charge in [-0.2, -0.15) is 0 Å². The van der Waals surface area contributed by atoms with Crippen LogP contribution in [0.15, 0.2) is 33.5 Å². The first kappa shape index (κ1) is 10.9. The molecule has 0 saturated heterocycles. The van der Waals surface area contributed by atoms with Crippen LogP contribution in [-0.4, -0.2) is 4.98 Å². The summed E-state index contributed by atoms with van der Waals surface area (Å²) >= 11 is 6.90. The summed E-state index contributed by atoms with van der Waals surface area (Å²) in [6.07, 6.45) is 1.47. The zero-order chi connectivity index (χ0) is 10.8. The Morgan fingerprint density at radius 2 is 2.20 bits per heavy atom. The Kier molecular flexibility index (Phi) is 3.26. The molecule has 2 rings (SSSR count). The van der Waals surface area contributed by atoms with Crippen LogP contribution in [0.2, 0.25) is 0 Å². The Hall–Kier alpha value is -0.610. The number of hydrogen-bond acceptors (Lipinski definition) is 2. The molecule has 0 aliphatic carbocycles. The molecule has 15 heavy (non-hydrogen) atoms. The normalized spacial score (nSPS) is 10.6. The Morgan fingerprint density at radius 1 is 1.40 bits per heavy atom. The third-order valence-electron chi connectivity index (χ3n) is 2.13. The number of rotatable bonds is 2. The summed E-state index contributed by atoms with van der Waals surface area (Å²) in [6, 6.07) is 6.15. The molecule has 0 fully saturated rings. The third-order valence-corrected chi connectivity index (χ3v) is 3.36. The topological polar surface area (TPSA) is 26.0 Å². The third kappa shape index (κ3) is 2.16. The summed E-state index contributed by atoms with van der Waals surface area (Å²) in [5.41, 5.74) is 3.16. The molecule has 1 heterocycles. The largest absolute Gasteiger partial charge is 0.443 e. The van der Waals surface area contributed by atoms with Crippen molar-refractivity contribution >= 4 is 31.9 Å². The Labute approximate surface area is 105 Å². The highest BCUT2D eigenvalue weighted by Gasteiger charge is 2.12. The molecule has 4 heteroatoms. The molecule has 0 aliphatic rings. The standard InChI is InChI=1S/C11H9Br2NO/c1-7-2-3-9(13)8(4-7)11-10(5-12)14-6-15-11/h2-4,6H,5H2,1H3. The van der Waals surface area contributed by atoms with Crippen molar-refractivity contribution < 1.29 is 4.42 Å². The summed E-state index contributed by atoms with van der Waals surface area (Å²) in [5.74, 6) is 0.822. The molecule has 1 aromatic carbocycles. The van der Waals surface area contributed by atoms with Crippen LogP contribution in [0, 0.1) is 6.92 Å². The van der Waals surface area contributed by atoms with Gasteiger partial charge in [-0.05, 0) is 19.1 Å². The molecule has 0 aliphatic heterocycles. The molecule has 0 unspecified atom stereocenters. The minimum atomic E-state index is 0.694. The van der Waals surface area contributed by atoms with Crippen LogP contribution in [0.25, 0.3) is 11.3 Å². The summed E-state index contributed by atoms with van der Waals surface area (Å²) < 4.78 is 6.43. The van der Waals surface area contributed by atoms with E-state index in [1.807, 2.05) is 6.07 Å². The maximum atomic E-state index is 5.41. The predicted molar refractivity (Wildman–Crippen MR) is 67.0 cm³/mol. The van der Waals surface area contributed by atoms with Crippen molar-refractivity contribution in [3.8, 4) is 11.3 Å². The van der Waals surface area contributed by atoms with Crippen molar-refractivity contribution in [2.45, 2.75) is 12.3 Å². The van der Waals surface area contributed by atoms with E-state index in [0.717, 1.165) is 21.5 Å². The van der Waals surface area contributed by atoms with Gasteiger partial charge in [0.25, 0.3) is 0 Å². The predicted octanol–water partition coefficient (Wildman–Crippen LogP) is 4.31. The number of oxazole rings is 1. The lowest BCUT2D eigenvalue weighted by Gasteiger charge is -2.03. The van der Waals surface area contributed by atoms with Crippen LogP contribution >= 0.6 is 31.9 Å². The zero-order valence-electron chi connectivity index (χ0n) is 8.13. The zero-order valence-corrected chi connectivity index (χ0v) is 11.3. The number of alkyl halides is 1. The van der Waals surface area contributed by atoms with Gasteiger partial charge in [-0.25, -0.2) is 4.98 Å². The minimum absolute atomic E-state index is 0.694. The Morgan fingerprint density at radius 3 is 2.93 bits per heavy atom. The van der Waals surface area contributed by atoms with Gasteiger partial charge in [-0.15, -0.1) is 0 Å². The second-order valence-corrected chi connectivity index (χ2v) is 4.66. The first-order chi connectivity index (χ1) is 7.22. The Bertz CT molecular complexity index is 479. The summed E-state index contributed by atoms with van der Waals surface area (Å²) in [4.78, 5) is 4.15. The molecule has 2 aromatic rings. The quantitative estimate of drug-likeness (QED) is 0.767. The van der Waals surface area contributed by atoms with Crippen molar-refractivity contribution in [2.24, 2.45) is 0 Å². The SMILES string of the molecule is Cc1ccc(Br)c(-c2ocnc2CBr)c1. The van der Waals surface area contributed by atoms with Gasteiger partial charge >= 0.3 is 0 Å². The highest BCUT2D eigenvalue weighted by atomic mass is 79.9. The minimum Gasteiger partial charge on any atom is -0.443 e. The van der Waals surface area contributed by atoms with Gasteiger partial charge in [0.05, 0.1) is 5.69 Å². The number of aromatic nitrogens is 1. The second-order valence-electron chi connectivity index (χ2n) is 3.25. The molecule has 78 valence electrons. The van der Waals surface area contributed by atoms with E-state index in [4.69, 9.17) is 4.42 Å². The van der Waals surface area contributed by atoms with Crippen LogP contribution in [-0.2, 0) is 5.33 Å². The van der Waals surface area contributed by atoms with Gasteiger partial charge in [0.1, 0.15) is 0 Å². The van der Waals surface area contributed by atoms with E-state index in [2.05, 4.69) is 55.9 Å². The van der Waals surface area contributed by atoms with E-state index in [1.54, 1.807) is 0 Å². The first-order valence-electron chi connectivity index (χ1n) is 4.47. The van der Waals surface area contributed by atoms with Crippen LogP contribution < -0.4 is 0 Å². The van der Waals surface area contributed by atoms with E-state index in [1.165, 1.54) is 12.0 Å². The number of hydrogen-bond donors (Lipinski definition) is 0. The smallest absolute Gasteiger partial charge is 0.181 e. The highest BCUT2D eigenvalue weighted by Crippen LogP contribution is 2.32. The second kappa shape index (κ2) is 4.49. The number of aryl methyl sites for hydroxylation is 1. The molecule has 2 nitrogen and oxygen atoms in total. The maximum absolute atomic E-state index is 5.41. The van der Waals surface area contributed by atoms with Crippen molar-refractivity contribution in [1.29, 1.82) is 0 Å². The van der Waals surface area contributed by atoms with Crippen molar-refractivity contribution in [3.63, 3.8) is 0 Å². The van der Waals surface area contributed by atoms with E-state index in [0.29, 0.717) is 5.33 Å².